The molecule has 144 valence electrons. The maximum Gasteiger partial charge on any atom is 0.161 e. The summed E-state index contributed by atoms with van der Waals surface area (Å²) in [6.45, 7) is 6.66. The Morgan fingerprint density at radius 3 is 2.32 bits per heavy atom. The average molecular weight is 373 g/mol. The van der Waals surface area contributed by atoms with Crippen LogP contribution < -0.4 is 9.80 Å². The van der Waals surface area contributed by atoms with Crippen molar-refractivity contribution < 1.29 is 0 Å². The Kier molecular flexibility index (Phi) is 5.03. The maximum absolute atomic E-state index is 5.02. The molecule has 0 aliphatic carbocycles. The van der Waals surface area contributed by atoms with E-state index in [1.54, 1.807) is 0 Å². The summed E-state index contributed by atoms with van der Waals surface area (Å²) >= 11 is 0. The van der Waals surface area contributed by atoms with Gasteiger partial charge in [0.1, 0.15) is 11.9 Å². The van der Waals surface area contributed by atoms with Crippen molar-refractivity contribution in [2.75, 3.05) is 16.8 Å². The third kappa shape index (κ3) is 3.03. The summed E-state index contributed by atoms with van der Waals surface area (Å²) in [7, 11) is 2.17. The monoisotopic (exact) mass is 372 g/mol. The highest BCUT2D eigenvalue weighted by molar-refractivity contribution is 5.82. The van der Waals surface area contributed by atoms with Crippen molar-refractivity contribution in [2.24, 2.45) is 5.92 Å². The molecule has 0 fully saturated rings. The standard InChI is InChI=1S/C24H28N4/c1-5-18(6-2)24-27(4)23-21(28(24)19-13-8-7-9-14-19)16-25-22(26-23)20-15-11-10-12-17(20)3/h7-16,18,24H,5-6H2,1-4H3. The van der Waals surface area contributed by atoms with Gasteiger partial charge in [0.25, 0.3) is 0 Å². The Morgan fingerprint density at radius 1 is 0.964 bits per heavy atom. The fourth-order valence-electron chi connectivity index (χ4n) is 4.31. The Labute approximate surface area is 167 Å². The molecule has 0 saturated carbocycles. The van der Waals surface area contributed by atoms with E-state index in [4.69, 9.17) is 9.97 Å². The SMILES string of the molecule is CCC(CC)C1N(C)c2nc(-c3ccccc3C)ncc2N1c1ccccc1. The molecule has 0 saturated heterocycles. The van der Waals surface area contributed by atoms with E-state index in [0.717, 1.165) is 35.7 Å². The molecule has 1 aliphatic heterocycles. The van der Waals surface area contributed by atoms with Crippen LogP contribution in [-0.2, 0) is 0 Å². The molecule has 1 aliphatic rings. The zero-order valence-electron chi connectivity index (χ0n) is 17.1. The van der Waals surface area contributed by atoms with Gasteiger partial charge in [-0.25, -0.2) is 9.97 Å². The van der Waals surface area contributed by atoms with Gasteiger partial charge in [0.05, 0.1) is 6.20 Å². The van der Waals surface area contributed by atoms with Crippen molar-refractivity contribution in [1.29, 1.82) is 0 Å². The molecule has 0 amide bonds. The molecular weight excluding hydrogens is 344 g/mol. The Morgan fingerprint density at radius 2 is 1.64 bits per heavy atom. The third-order valence-electron chi connectivity index (χ3n) is 5.90. The molecule has 1 atom stereocenters. The lowest BCUT2D eigenvalue weighted by Gasteiger charge is -2.36. The van der Waals surface area contributed by atoms with Crippen molar-refractivity contribution in [3.8, 4) is 11.4 Å². The van der Waals surface area contributed by atoms with Crippen molar-refractivity contribution in [2.45, 2.75) is 39.8 Å². The third-order valence-corrected chi connectivity index (χ3v) is 5.90. The molecule has 2 heterocycles. The fraction of sp³-hybridized carbons (Fsp3) is 0.333. The lowest BCUT2D eigenvalue weighted by atomic mass is 9.98. The normalized spacial score (nSPS) is 16.0. The van der Waals surface area contributed by atoms with Crippen molar-refractivity contribution >= 4 is 17.2 Å². The number of para-hydroxylation sites is 1. The van der Waals surface area contributed by atoms with Crippen molar-refractivity contribution in [3.63, 3.8) is 0 Å². The van der Waals surface area contributed by atoms with E-state index in [-0.39, 0.29) is 6.17 Å². The Balaban J connectivity index is 1.85. The smallest absolute Gasteiger partial charge is 0.161 e. The van der Waals surface area contributed by atoms with Crippen LogP contribution in [0.1, 0.15) is 32.3 Å². The predicted molar refractivity (Wildman–Crippen MR) is 117 cm³/mol. The molecule has 4 nitrogen and oxygen atoms in total. The van der Waals surface area contributed by atoms with Crippen LogP contribution >= 0.6 is 0 Å². The number of hydrogen-bond acceptors (Lipinski definition) is 4. The van der Waals surface area contributed by atoms with Gasteiger partial charge in [-0.1, -0.05) is 56.3 Å². The Hall–Kier alpha value is -2.88. The number of aromatic nitrogens is 2. The number of nitrogens with zero attached hydrogens (tertiary/aromatic N) is 4. The van der Waals surface area contributed by atoms with Gasteiger partial charge in [0, 0.05) is 18.3 Å². The minimum absolute atomic E-state index is 0.244. The molecule has 0 bridgehead atoms. The molecule has 28 heavy (non-hydrogen) atoms. The summed E-state index contributed by atoms with van der Waals surface area (Å²) in [4.78, 5) is 14.5. The topological polar surface area (TPSA) is 32.3 Å². The van der Waals surface area contributed by atoms with Crippen LogP contribution in [0.4, 0.5) is 17.2 Å². The lowest BCUT2D eigenvalue weighted by Crippen LogP contribution is -2.44. The zero-order chi connectivity index (χ0) is 19.7. The summed E-state index contributed by atoms with van der Waals surface area (Å²) < 4.78 is 0. The molecular formula is C24H28N4. The van der Waals surface area contributed by atoms with E-state index < -0.39 is 0 Å². The van der Waals surface area contributed by atoms with Gasteiger partial charge in [0.2, 0.25) is 0 Å². The zero-order valence-corrected chi connectivity index (χ0v) is 17.1. The number of aryl methyl sites for hydroxylation is 1. The summed E-state index contributed by atoms with van der Waals surface area (Å²) in [5.74, 6) is 2.34. The van der Waals surface area contributed by atoms with E-state index in [9.17, 15) is 0 Å². The average Bonchev–Trinajstić information content (AvgIpc) is 3.02. The van der Waals surface area contributed by atoms with Crippen LogP contribution in [0.3, 0.4) is 0 Å². The molecule has 1 aromatic heterocycles. The van der Waals surface area contributed by atoms with Crippen LogP contribution in [0.25, 0.3) is 11.4 Å². The van der Waals surface area contributed by atoms with E-state index in [0.29, 0.717) is 5.92 Å². The van der Waals surface area contributed by atoms with E-state index in [1.165, 1.54) is 11.3 Å². The first-order valence-corrected chi connectivity index (χ1v) is 10.2. The van der Waals surface area contributed by atoms with Gasteiger partial charge in [0.15, 0.2) is 11.6 Å². The molecule has 3 aromatic rings. The van der Waals surface area contributed by atoms with Gasteiger partial charge in [-0.2, -0.15) is 0 Å². The summed E-state index contributed by atoms with van der Waals surface area (Å²) in [6.07, 6.45) is 4.49. The predicted octanol–water partition coefficient (Wildman–Crippen LogP) is 5.80. The molecule has 4 rings (SSSR count). The second-order valence-corrected chi connectivity index (χ2v) is 7.52. The molecule has 0 spiro atoms. The van der Waals surface area contributed by atoms with Crippen molar-refractivity contribution in [1.82, 2.24) is 9.97 Å². The number of benzene rings is 2. The number of rotatable bonds is 5. The van der Waals surface area contributed by atoms with Crippen LogP contribution in [-0.4, -0.2) is 23.2 Å². The quantitative estimate of drug-likeness (QED) is 0.566. The Bertz CT molecular complexity index is 950. The fourth-order valence-corrected chi connectivity index (χ4v) is 4.31. The molecule has 0 N–H and O–H groups in total. The van der Waals surface area contributed by atoms with E-state index in [2.05, 4.69) is 86.1 Å². The first kappa shape index (κ1) is 18.5. The van der Waals surface area contributed by atoms with Gasteiger partial charge in [-0.3, -0.25) is 0 Å². The van der Waals surface area contributed by atoms with Crippen LogP contribution in [0.15, 0.2) is 60.8 Å². The number of hydrogen-bond donors (Lipinski definition) is 0. The first-order chi connectivity index (χ1) is 13.7. The molecule has 4 heteroatoms. The number of anilines is 3. The van der Waals surface area contributed by atoms with Crippen LogP contribution in [0.2, 0.25) is 0 Å². The maximum atomic E-state index is 5.02. The van der Waals surface area contributed by atoms with Crippen LogP contribution in [0, 0.1) is 12.8 Å². The minimum Gasteiger partial charge on any atom is -0.337 e. The van der Waals surface area contributed by atoms with E-state index in [1.807, 2.05) is 12.3 Å². The highest BCUT2D eigenvalue weighted by Crippen LogP contribution is 2.45. The number of fused-ring (bicyclic) bond motifs is 1. The van der Waals surface area contributed by atoms with Crippen molar-refractivity contribution in [3.05, 3.63) is 66.4 Å². The molecule has 0 radical (unpaired) electrons. The van der Waals surface area contributed by atoms with Crippen LogP contribution in [0.5, 0.6) is 0 Å². The largest absolute Gasteiger partial charge is 0.337 e. The molecule has 2 aromatic carbocycles. The summed E-state index contributed by atoms with van der Waals surface area (Å²) in [5, 5.41) is 0. The first-order valence-electron chi connectivity index (χ1n) is 10.2. The highest BCUT2D eigenvalue weighted by Gasteiger charge is 2.40. The highest BCUT2D eigenvalue weighted by atomic mass is 15.4. The molecule has 1 unspecified atom stereocenters. The summed E-state index contributed by atoms with van der Waals surface area (Å²) in [6, 6.07) is 18.9. The second kappa shape index (κ2) is 7.63. The lowest BCUT2D eigenvalue weighted by molar-refractivity contribution is 0.397. The summed E-state index contributed by atoms with van der Waals surface area (Å²) in [5.41, 5.74) is 4.57. The minimum atomic E-state index is 0.244. The van der Waals surface area contributed by atoms with Gasteiger partial charge in [-0.15, -0.1) is 0 Å². The van der Waals surface area contributed by atoms with E-state index >= 15 is 0 Å². The van der Waals surface area contributed by atoms with Gasteiger partial charge < -0.3 is 9.80 Å². The second-order valence-electron chi connectivity index (χ2n) is 7.52. The van der Waals surface area contributed by atoms with Gasteiger partial charge in [-0.05, 0) is 43.4 Å². The van der Waals surface area contributed by atoms with Gasteiger partial charge >= 0.3 is 0 Å².